The Morgan fingerprint density at radius 3 is 2.32 bits per heavy atom. The Bertz CT molecular complexity index is 777. The van der Waals surface area contributed by atoms with Crippen LogP contribution in [0.4, 0.5) is 24.5 Å². The van der Waals surface area contributed by atoms with Crippen LogP contribution in [-0.2, 0) is 11.0 Å². The molecule has 0 saturated heterocycles. The molecule has 0 saturated carbocycles. The van der Waals surface area contributed by atoms with Gasteiger partial charge in [0, 0.05) is 12.7 Å². The molecule has 0 atom stereocenters. The summed E-state index contributed by atoms with van der Waals surface area (Å²) in [5.74, 6) is -0.963. The molecule has 5 nitrogen and oxygen atoms in total. The second kappa shape index (κ2) is 7.25. The fourth-order valence-electron chi connectivity index (χ4n) is 2.31. The lowest BCUT2D eigenvalue weighted by Crippen LogP contribution is -2.25. The van der Waals surface area contributed by atoms with E-state index in [1.807, 2.05) is 0 Å². The summed E-state index contributed by atoms with van der Waals surface area (Å²) in [6, 6.07) is 9.48. The third-order valence-corrected chi connectivity index (χ3v) is 3.48. The zero-order valence-electron chi connectivity index (χ0n) is 13.4. The van der Waals surface area contributed by atoms with Crippen molar-refractivity contribution in [2.45, 2.75) is 6.18 Å². The number of benzene rings is 2. The average molecular weight is 352 g/mol. The number of rotatable bonds is 5. The third kappa shape index (κ3) is 3.73. The number of nitrogens with zero attached hydrogens (tertiary/aromatic N) is 1. The number of para-hydroxylation sites is 1. The number of nitrogens with one attached hydrogen (secondary N) is 1. The van der Waals surface area contributed by atoms with Crippen LogP contribution in [0.5, 0.6) is 5.75 Å². The predicted molar refractivity (Wildman–Crippen MR) is 86.0 cm³/mol. The van der Waals surface area contributed by atoms with Gasteiger partial charge in [0.1, 0.15) is 11.3 Å². The molecule has 2 amide bonds. The zero-order chi connectivity index (χ0) is 18.6. The Labute approximate surface area is 142 Å². The minimum Gasteiger partial charge on any atom is -0.496 e. The Morgan fingerprint density at radius 2 is 1.84 bits per heavy atom. The van der Waals surface area contributed by atoms with E-state index in [4.69, 9.17) is 4.74 Å². The first-order valence-electron chi connectivity index (χ1n) is 7.14. The van der Waals surface area contributed by atoms with Crippen molar-refractivity contribution in [1.29, 1.82) is 0 Å². The summed E-state index contributed by atoms with van der Waals surface area (Å²) in [6.45, 7) is 0. The van der Waals surface area contributed by atoms with E-state index in [-0.39, 0.29) is 17.0 Å². The fourth-order valence-corrected chi connectivity index (χ4v) is 2.31. The van der Waals surface area contributed by atoms with Gasteiger partial charge < -0.3 is 10.1 Å². The van der Waals surface area contributed by atoms with Crippen molar-refractivity contribution in [3.8, 4) is 5.75 Å². The second-order valence-electron chi connectivity index (χ2n) is 4.96. The maximum Gasteiger partial charge on any atom is 0.416 e. The average Bonchev–Trinajstić information content (AvgIpc) is 2.61. The molecule has 0 aliphatic rings. The van der Waals surface area contributed by atoms with Gasteiger partial charge in [0.15, 0.2) is 0 Å². The van der Waals surface area contributed by atoms with E-state index in [1.165, 1.54) is 19.2 Å². The SMILES string of the molecule is CNC(=O)c1c(OC)cc(C(F)(F)F)cc1N(C=O)c1ccccc1. The van der Waals surface area contributed by atoms with Crippen molar-refractivity contribution in [1.82, 2.24) is 5.32 Å². The van der Waals surface area contributed by atoms with Gasteiger partial charge in [0.05, 0.1) is 18.4 Å². The molecule has 25 heavy (non-hydrogen) atoms. The summed E-state index contributed by atoms with van der Waals surface area (Å²) in [7, 11) is 2.48. The van der Waals surface area contributed by atoms with Gasteiger partial charge in [-0.05, 0) is 24.3 Å². The molecule has 0 aliphatic heterocycles. The van der Waals surface area contributed by atoms with E-state index < -0.39 is 17.6 Å². The quantitative estimate of drug-likeness (QED) is 0.840. The monoisotopic (exact) mass is 352 g/mol. The first-order chi connectivity index (χ1) is 11.8. The highest BCUT2D eigenvalue weighted by Gasteiger charge is 2.34. The number of carbonyl (C=O) groups is 2. The smallest absolute Gasteiger partial charge is 0.416 e. The molecule has 0 radical (unpaired) electrons. The van der Waals surface area contributed by atoms with Crippen LogP contribution in [-0.4, -0.2) is 26.5 Å². The molecular weight excluding hydrogens is 337 g/mol. The van der Waals surface area contributed by atoms with Crippen molar-refractivity contribution in [2.24, 2.45) is 0 Å². The molecule has 0 bridgehead atoms. The van der Waals surface area contributed by atoms with Crippen LogP contribution in [0.1, 0.15) is 15.9 Å². The topological polar surface area (TPSA) is 58.6 Å². The van der Waals surface area contributed by atoms with Gasteiger partial charge in [0.2, 0.25) is 6.41 Å². The summed E-state index contributed by atoms with van der Waals surface area (Å²) in [6.07, 6.45) is -4.33. The molecule has 0 unspecified atom stereocenters. The van der Waals surface area contributed by atoms with Gasteiger partial charge in [-0.2, -0.15) is 13.2 Å². The summed E-state index contributed by atoms with van der Waals surface area (Å²) >= 11 is 0. The van der Waals surface area contributed by atoms with Crippen LogP contribution in [0.25, 0.3) is 0 Å². The van der Waals surface area contributed by atoms with Crippen LogP contribution < -0.4 is 15.0 Å². The summed E-state index contributed by atoms with van der Waals surface area (Å²) in [4.78, 5) is 24.8. The number of anilines is 2. The van der Waals surface area contributed by atoms with Crippen LogP contribution in [0, 0.1) is 0 Å². The van der Waals surface area contributed by atoms with E-state index in [1.54, 1.807) is 18.2 Å². The summed E-state index contributed by atoms with van der Waals surface area (Å²) in [5, 5.41) is 2.34. The molecular formula is C17H15F3N2O3. The van der Waals surface area contributed by atoms with E-state index >= 15 is 0 Å². The van der Waals surface area contributed by atoms with Crippen molar-refractivity contribution >= 4 is 23.7 Å². The lowest BCUT2D eigenvalue weighted by atomic mass is 10.0. The summed E-state index contributed by atoms with van der Waals surface area (Å²) < 4.78 is 44.6. The van der Waals surface area contributed by atoms with E-state index in [2.05, 4.69) is 5.32 Å². The molecule has 0 spiro atoms. The van der Waals surface area contributed by atoms with Crippen molar-refractivity contribution in [2.75, 3.05) is 19.1 Å². The van der Waals surface area contributed by atoms with Crippen LogP contribution in [0.15, 0.2) is 42.5 Å². The lowest BCUT2D eigenvalue weighted by Gasteiger charge is -2.23. The molecule has 0 fully saturated rings. The van der Waals surface area contributed by atoms with Gasteiger partial charge in [-0.25, -0.2) is 0 Å². The highest BCUT2D eigenvalue weighted by atomic mass is 19.4. The number of hydrogen-bond acceptors (Lipinski definition) is 3. The van der Waals surface area contributed by atoms with E-state index in [0.29, 0.717) is 12.1 Å². The molecule has 132 valence electrons. The molecule has 1 N–H and O–H groups in total. The molecule has 0 heterocycles. The van der Waals surface area contributed by atoms with E-state index in [0.717, 1.165) is 24.1 Å². The number of carbonyl (C=O) groups excluding carboxylic acids is 2. The Balaban J connectivity index is 2.79. The number of alkyl halides is 3. The number of ether oxygens (including phenoxy) is 1. The molecule has 2 aromatic rings. The van der Waals surface area contributed by atoms with Gasteiger partial charge in [0.25, 0.3) is 5.91 Å². The van der Waals surface area contributed by atoms with Crippen LogP contribution in [0.3, 0.4) is 0 Å². The molecule has 2 aromatic carbocycles. The number of methoxy groups -OCH3 is 1. The van der Waals surface area contributed by atoms with Crippen molar-refractivity contribution < 1.29 is 27.5 Å². The Morgan fingerprint density at radius 1 is 1.20 bits per heavy atom. The van der Waals surface area contributed by atoms with Crippen molar-refractivity contribution in [3.05, 3.63) is 53.6 Å². The summed E-state index contributed by atoms with van der Waals surface area (Å²) in [5.41, 5.74) is -1.13. The predicted octanol–water partition coefficient (Wildman–Crippen LogP) is 3.37. The number of hydrogen-bond donors (Lipinski definition) is 1. The maximum atomic E-state index is 13.2. The van der Waals surface area contributed by atoms with Crippen LogP contribution >= 0.6 is 0 Å². The highest BCUT2D eigenvalue weighted by Crippen LogP contribution is 2.40. The highest BCUT2D eigenvalue weighted by molar-refractivity contribution is 6.06. The van der Waals surface area contributed by atoms with E-state index in [9.17, 15) is 22.8 Å². The van der Waals surface area contributed by atoms with Gasteiger partial charge in [-0.15, -0.1) is 0 Å². The molecule has 2 rings (SSSR count). The normalized spacial score (nSPS) is 10.9. The number of amides is 2. The number of halogens is 3. The van der Waals surface area contributed by atoms with Crippen molar-refractivity contribution in [3.63, 3.8) is 0 Å². The lowest BCUT2D eigenvalue weighted by molar-refractivity contribution is -0.137. The Kier molecular flexibility index (Phi) is 5.31. The van der Waals surface area contributed by atoms with Gasteiger partial charge in [-0.3, -0.25) is 14.5 Å². The first-order valence-corrected chi connectivity index (χ1v) is 7.14. The Hall–Kier alpha value is -3.03. The third-order valence-electron chi connectivity index (χ3n) is 3.48. The van der Waals surface area contributed by atoms with Crippen LogP contribution in [0.2, 0.25) is 0 Å². The molecule has 0 aliphatic carbocycles. The minimum atomic E-state index is -4.67. The fraction of sp³-hybridized carbons (Fsp3) is 0.176. The first kappa shape index (κ1) is 18.3. The van der Waals surface area contributed by atoms with Gasteiger partial charge in [-0.1, -0.05) is 18.2 Å². The largest absolute Gasteiger partial charge is 0.496 e. The molecule has 0 aromatic heterocycles. The minimum absolute atomic E-state index is 0.172. The van der Waals surface area contributed by atoms with Gasteiger partial charge >= 0.3 is 6.18 Å². The molecule has 8 heteroatoms. The second-order valence-corrected chi connectivity index (χ2v) is 4.96. The standard InChI is InChI=1S/C17H15F3N2O3/c1-21-16(24)15-13(22(10-23)12-6-4-3-5-7-12)8-11(17(18,19)20)9-14(15)25-2/h3-10H,1-2H3,(H,21,24). The zero-order valence-corrected chi connectivity index (χ0v) is 13.4. The maximum absolute atomic E-state index is 13.2.